The molecule has 4 aliphatic rings. The largest absolute Gasteiger partial charge is 0.464 e. The second-order valence-corrected chi connectivity index (χ2v) is 10.6. The minimum Gasteiger partial charge on any atom is -0.464 e. The third kappa shape index (κ3) is 5.50. The number of fused-ring (bicyclic) bond motifs is 3. The van der Waals surface area contributed by atoms with Gasteiger partial charge >= 0.3 is 5.97 Å². The maximum absolute atomic E-state index is 13.7. The average Bonchev–Trinajstić information content (AvgIpc) is 3.46. The molecular formula is C23H35N4O8P. The first kappa shape index (κ1) is 26.8. The molecule has 12 nitrogen and oxygen atoms in total. The van der Waals surface area contributed by atoms with Crippen molar-refractivity contribution < 1.29 is 38.1 Å². The number of ether oxygens (including phenoxy) is 1. The van der Waals surface area contributed by atoms with E-state index in [0.717, 1.165) is 12.8 Å². The fourth-order valence-electron chi connectivity index (χ4n) is 5.74. The second kappa shape index (κ2) is 11.4. The van der Waals surface area contributed by atoms with E-state index in [9.17, 15) is 28.9 Å². The lowest BCUT2D eigenvalue weighted by molar-refractivity contribution is -0.156. The highest BCUT2D eigenvalue weighted by molar-refractivity contribution is 7.25. The van der Waals surface area contributed by atoms with E-state index in [1.807, 2.05) is 6.92 Å². The van der Waals surface area contributed by atoms with Gasteiger partial charge in [-0.2, -0.15) is 0 Å². The zero-order valence-corrected chi connectivity index (χ0v) is 21.7. The monoisotopic (exact) mass is 526 g/mol. The normalized spacial score (nSPS) is 35.1. The first-order valence-electron chi connectivity index (χ1n) is 12.6. The van der Waals surface area contributed by atoms with Crippen molar-refractivity contribution in [3.05, 3.63) is 0 Å². The lowest BCUT2D eigenvalue weighted by atomic mass is 9.99. The van der Waals surface area contributed by atoms with Crippen molar-refractivity contribution in [1.29, 1.82) is 0 Å². The molecule has 0 radical (unpaired) electrons. The van der Waals surface area contributed by atoms with Crippen LogP contribution in [-0.4, -0.2) is 106 Å². The Labute approximate surface area is 211 Å². The zero-order valence-electron chi connectivity index (χ0n) is 20.7. The Morgan fingerprint density at radius 1 is 0.944 bits per heavy atom. The lowest BCUT2D eigenvalue weighted by Crippen LogP contribution is -2.59. The highest BCUT2D eigenvalue weighted by atomic mass is 31.1. The first-order valence-corrected chi connectivity index (χ1v) is 13.5. The van der Waals surface area contributed by atoms with Gasteiger partial charge in [0.05, 0.1) is 12.5 Å². The molecule has 5 unspecified atom stereocenters. The molecule has 4 amide bonds. The number of cyclic esters (lactones) is 1. The summed E-state index contributed by atoms with van der Waals surface area (Å²) in [7, 11) is -0.780. The summed E-state index contributed by atoms with van der Waals surface area (Å²) in [4.78, 5) is 79.7. The summed E-state index contributed by atoms with van der Waals surface area (Å²) in [5.74, 6) is -2.03. The van der Waals surface area contributed by atoms with Gasteiger partial charge in [-0.05, 0) is 38.5 Å². The molecule has 0 saturated carbocycles. The second-order valence-electron chi connectivity index (χ2n) is 10.2. The lowest BCUT2D eigenvalue weighted by Gasteiger charge is -2.38. The van der Waals surface area contributed by atoms with Crippen molar-refractivity contribution >= 4 is 38.6 Å². The number of rotatable bonds is 2. The van der Waals surface area contributed by atoms with E-state index in [1.165, 1.54) is 14.7 Å². The SMILES string of the molecule is CC1NC(=O)C2CCCCN2C(=O)C2C[C@@H](OPO)CN2C(=O)CCOC(=O)C2C[C@@H](C)CN2C1=O. The van der Waals surface area contributed by atoms with Gasteiger partial charge in [0, 0.05) is 26.1 Å². The van der Waals surface area contributed by atoms with Crippen LogP contribution in [0.4, 0.5) is 0 Å². The first-order chi connectivity index (χ1) is 17.2. The molecule has 0 aromatic rings. The van der Waals surface area contributed by atoms with Gasteiger partial charge in [0.1, 0.15) is 30.8 Å². The summed E-state index contributed by atoms with van der Waals surface area (Å²) in [5, 5.41) is 2.76. The smallest absolute Gasteiger partial charge is 0.328 e. The predicted octanol–water partition coefficient (Wildman–Crippen LogP) is -0.457. The number of nitrogens with one attached hydrogen (secondary N) is 1. The van der Waals surface area contributed by atoms with E-state index in [1.54, 1.807) is 6.92 Å². The van der Waals surface area contributed by atoms with Gasteiger partial charge in [0.15, 0.2) is 9.03 Å². The number of esters is 1. The fourth-order valence-corrected chi connectivity index (χ4v) is 6.06. The van der Waals surface area contributed by atoms with Crippen molar-refractivity contribution in [1.82, 2.24) is 20.0 Å². The minimum absolute atomic E-state index is 0.0825. The van der Waals surface area contributed by atoms with Crippen molar-refractivity contribution in [2.45, 2.75) is 82.6 Å². The molecule has 4 heterocycles. The molecule has 0 spiro atoms. The van der Waals surface area contributed by atoms with Crippen molar-refractivity contribution in [3.8, 4) is 0 Å². The Balaban J connectivity index is 1.63. The summed E-state index contributed by atoms with van der Waals surface area (Å²) in [6.07, 6.45) is 1.94. The molecule has 0 aliphatic carbocycles. The van der Waals surface area contributed by atoms with Crippen LogP contribution in [0, 0.1) is 5.92 Å². The Bertz CT molecular complexity index is 903. The zero-order chi connectivity index (χ0) is 26.0. The van der Waals surface area contributed by atoms with E-state index in [0.29, 0.717) is 25.9 Å². The van der Waals surface area contributed by atoms with Crippen LogP contribution in [0.2, 0.25) is 0 Å². The number of carbonyl (C=O) groups excluding carboxylic acids is 5. The van der Waals surface area contributed by atoms with Gasteiger partial charge in [0.2, 0.25) is 23.6 Å². The standard InChI is InChI=1S/C23H35N4O8P/c1-13-9-18-23(32)34-8-6-19(28)26-12-15(35-36-33)10-17(26)22(31)25-7-4-3-5-16(25)20(29)24-14(2)21(30)27(18)11-13/h13-18,33,36H,3-12H2,1-2H3,(H,24,29)/t13-,14?,15-,16?,17?,18?/m1/s1. The molecule has 200 valence electrons. The molecule has 4 saturated heterocycles. The van der Waals surface area contributed by atoms with Gasteiger partial charge < -0.3 is 34.2 Å². The number of piperidine rings is 1. The van der Waals surface area contributed by atoms with E-state index in [2.05, 4.69) is 5.32 Å². The van der Waals surface area contributed by atoms with Crippen LogP contribution in [0.5, 0.6) is 0 Å². The fraction of sp³-hybridized carbons (Fsp3) is 0.783. The molecule has 0 aromatic carbocycles. The molecular weight excluding hydrogens is 491 g/mol. The number of hydrogen-bond donors (Lipinski definition) is 2. The molecule has 0 bridgehead atoms. The molecule has 2 N–H and O–H groups in total. The number of amides is 4. The topological polar surface area (TPSA) is 146 Å². The van der Waals surface area contributed by atoms with Crippen LogP contribution < -0.4 is 5.32 Å². The van der Waals surface area contributed by atoms with Gasteiger partial charge in [-0.3, -0.25) is 19.2 Å². The Morgan fingerprint density at radius 2 is 1.72 bits per heavy atom. The van der Waals surface area contributed by atoms with Crippen LogP contribution in [0.15, 0.2) is 0 Å². The summed E-state index contributed by atoms with van der Waals surface area (Å²) in [5.41, 5.74) is 0. The van der Waals surface area contributed by atoms with E-state index in [-0.39, 0.29) is 49.6 Å². The molecule has 0 aromatic heterocycles. The summed E-state index contributed by atoms with van der Waals surface area (Å²) >= 11 is 0. The molecule has 7 atom stereocenters. The number of hydrogen-bond acceptors (Lipinski definition) is 8. The highest BCUT2D eigenvalue weighted by Gasteiger charge is 2.46. The van der Waals surface area contributed by atoms with Crippen molar-refractivity contribution in [3.63, 3.8) is 0 Å². The van der Waals surface area contributed by atoms with E-state index >= 15 is 0 Å². The Kier molecular flexibility index (Phi) is 8.47. The Hall–Kier alpha value is -2.30. The Morgan fingerprint density at radius 3 is 2.47 bits per heavy atom. The van der Waals surface area contributed by atoms with Crippen LogP contribution >= 0.6 is 9.03 Å². The van der Waals surface area contributed by atoms with Crippen LogP contribution in [0.1, 0.15) is 52.4 Å². The van der Waals surface area contributed by atoms with Gasteiger partial charge in [-0.25, -0.2) is 4.79 Å². The summed E-state index contributed by atoms with van der Waals surface area (Å²) in [6, 6.07) is -3.26. The maximum Gasteiger partial charge on any atom is 0.328 e. The van der Waals surface area contributed by atoms with Crippen LogP contribution in [0.25, 0.3) is 0 Å². The van der Waals surface area contributed by atoms with Crippen molar-refractivity contribution in [2.75, 3.05) is 26.2 Å². The molecule has 13 heteroatoms. The maximum atomic E-state index is 13.7. The van der Waals surface area contributed by atoms with Crippen molar-refractivity contribution in [2.24, 2.45) is 5.92 Å². The number of nitrogens with zero attached hydrogens (tertiary/aromatic N) is 3. The molecule has 4 rings (SSSR count). The summed E-state index contributed by atoms with van der Waals surface area (Å²) < 4.78 is 10.7. The minimum atomic E-state index is -0.877. The van der Waals surface area contributed by atoms with Crippen LogP contribution in [0.3, 0.4) is 0 Å². The van der Waals surface area contributed by atoms with Gasteiger partial charge in [-0.1, -0.05) is 6.92 Å². The van der Waals surface area contributed by atoms with Gasteiger partial charge in [-0.15, -0.1) is 0 Å². The third-order valence-electron chi connectivity index (χ3n) is 7.53. The number of carbonyl (C=O) groups is 5. The summed E-state index contributed by atoms with van der Waals surface area (Å²) in [6.45, 7) is 4.21. The molecule has 4 fully saturated rings. The van der Waals surface area contributed by atoms with E-state index < -0.39 is 51.2 Å². The molecule has 4 aliphatic heterocycles. The quantitative estimate of drug-likeness (QED) is 0.363. The van der Waals surface area contributed by atoms with Crippen LogP contribution in [-0.2, 0) is 33.2 Å². The highest BCUT2D eigenvalue weighted by Crippen LogP contribution is 2.30. The third-order valence-corrected chi connectivity index (χ3v) is 7.97. The van der Waals surface area contributed by atoms with E-state index in [4.69, 9.17) is 9.26 Å². The average molecular weight is 527 g/mol. The molecule has 36 heavy (non-hydrogen) atoms. The predicted molar refractivity (Wildman–Crippen MR) is 127 cm³/mol. The van der Waals surface area contributed by atoms with Gasteiger partial charge in [0.25, 0.3) is 0 Å².